The fourth-order valence-corrected chi connectivity index (χ4v) is 5.48. The smallest absolute Gasteiger partial charge is 0.271 e. The average Bonchev–Trinajstić information content (AvgIpc) is 2.92. The van der Waals surface area contributed by atoms with Crippen molar-refractivity contribution in [1.29, 1.82) is 0 Å². The van der Waals surface area contributed by atoms with Crippen LogP contribution in [0, 0.1) is 15.5 Å². The minimum atomic E-state index is -3.73. The Morgan fingerprint density at radius 1 is 1.25 bits per heavy atom. The van der Waals surface area contributed by atoms with Gasteiger partial charge in [0.1, 0.15) is 4.90 Å². The van der Waals surface area contributed by atoms with Crippen LogP contribution < -0.4 is 5.32 Å². The molecule has 0 unspecified atom stereocenters. The fraction of sp³-hybridized carbons (Fsp3) is 0.571. The van der Waals surface area contributed by atoms with E-state index in [1.54, 1.807) is 0 Å². The predicted octanol–water partition coefficient (Wildman–Crippen LogP) is 2.43. The first-order valence-corrected chi connectivity index (χ1v) is 9.31. The van der Waals surface area contributed by atoms with E-state index in [1.807, 2.05) is 0 Å². The van der Waals surface area contributed by atoms with Gasteiger partial charge < -0.3 is 5.32 Å². The maximum atomic E-state index is 12.8. The lowest BCUT2D eigenvalue weighted by atomic mass is 9.78. The van der Waals surface area contributed by atoms with Crippen molar-refractivity contribution in [3.05, 3.63) is 33.3 Å². The van der Waals surface area contributed by atoms with Gasteiger partial charge in [-0.05, 0) is 43.8 Å². The SMILES string of the molecule is Cl.O=[N+]([O-])c1ccc(S(=O)(=O)N2CCC3(CCNCC3)C2)c(Cl)c1. The highest BCUT2D eigenvalue weighted by Crippen LogP contribution is 2.41. The molecule has 0 radical (unpaired) electrons. The molecule has 2 aliphatic heterocycles. The molecular weight excluding hydrogens is 377 g/mol. The molecule has 2 aliphatic rings. The molecule has 0 aliphatic carbocycles. The highest BCUT2D eigenvalue weighted by molar-refractivity contribution is 7.89. The number of sulfonamides is 1. The van der Waals surface area contributed by atoms with Crippen molar-refractivity contribution in [3.8, 4) is 0 Å². The Balaban J connectivity index is 0.00000208. The standard InChI is InChI=1S/C14H18ClN3O4S.ClH/c15-12-9-11(18(19)20)1-2-13(12)23(21,22)17-8-5-14(10-17)3-6-16-7-4-14;/h1-2,9,16H,3-8,10H2;1H. The molecule has 1 aromatic rings. The lowest BCUT2D eigenvalue weighted by molar-refractivity contribution is -0.384. The maximum absolute atomic E-state index is 12.8. The first-order chi connectivity index (χ1) is 10.8. The lowest BCUT2D eigenvalue weighted by Gasteiger charge is -2.33. The third-order valence-electron chi connectivity index (χ3n) is 4.81. The number of nitro benzene ring substituents is 1. The summed E-state index contributed by atoms with van der Waals surface area (Å²) < 4.78 is 27.1. The second-order valence-electron chi connectivity index (χ2n) is 6.21. The largest absolute Gasteiger partial charge is 0.317 e. The summed E-state index contributed by atoms with van der Waals surface area (Å²) in [6.07, 6.45) is 2.78. The number of non-ortho nitro benzene ring substituents is 1. The Morgan fingerprint density at radius 3 is 2.50 bits per heavy atom. The summed E-state index contributed by atoms with van der Waals surface area (Å²) in [4.78, 5) is 10.1. The third kappa shape index (κ3) is 3.52. The Bertz CT molecular complexity index is 736. The number of nitro groups is 1. The van der Waals surface area contributed by atoms with Crippen LogP contribution >= 0.6 is 24.0 Å². The zero-order chi connectivity index (χ0) is 16.7. The van der Waals surface area contributed by atoms with Gasteiger partial charge in [-0.15, -0.1) is 12.4 Å². The van der Waals surface area contributed by atoms with Gasteiger partial charge in [-0.25, -0.2) is 8.42 Å². The van der Waals surface area contributed by atoms with E-state index >= 15 is 0 Å². The van der Waals surface area contributed by atoms with Crippen LogP contribution in [0.2, 0.25) is 5.02 Å². The quantitative estimate of drug-likeness (QED) is 0.626. The maximum Gasteiger partial charge on any atom is 0.271 e. The summed E-state index contributed by atoms with van der Waals surface area (Å²) in [5.41, 5.74) is -0.170. The number of piperidine rings is 1. The summed E-state index contributed by atoms with van der Waals surface area (Å²) in [5.74, 6) is 0. The zero-order valence-corrected chi connectivity index (χ0v) is 15.3. The van der Waals surface area contributed by atoms with E-state index in [0.29, 0.717) is 13.1 Å². The van der Waals surface area contributed by atoms with E-state index in [0.717, 1.165) is 38.4 Å². The van der Waals surface area contributed by atoms with Crippen molar-refractivity contribution < 1.29 is 13.3 Å². The van der Waals surface area contributed by atoms with Gasteiger partial charge in [-0.2, -0.15) is 4.31 Å². The zero-order valence-electron chi connectivity index (χ0n) is 12.9. The molecule has 1 spiro atoms. The number of halogens is 2. The van der Waals surface area contributed by atoms with Crippen LogP contribution in [0.15, 0.2) is 23.1 Å². The minimum Gasteiger partial charge on any atom is -0.317 e. The molecule has 3 rings (SSSR count). The molecule has 0 atom stereocenters. The molecule has 0 saturated carbocycles. The van der Waals surface area contributed by atoms with E-state index in [4.69, 9.17) is 11.6 Å². The second-order valence-corrected chi connectivity index (χ2v) is 8.52. The highest BCUT2D eigenvalue weighted by atomic mass is 35.5. The third-order valence-corrected chi connectivity index (χ3v) is 7.14. The number of nitrogens with zero attached hydrogens (tertiary/aromatic N) is 2. The average molecular weight is 396 g/mol. The molecular formula is C14H19Cl2N3O4S. The Kier molecular flexibility index (Phi) is 5.76. The molecule has 2 saturated heterocycles. The van der Waals surface area contributed by atoms with E-state index in [-0.39, 0.29) is 33.4 Å². The monoisotopic (exact) mass is 395 g/mol. The van der Waals surface area contributed by atoms with E-state index < -0.39 is 14.9 Å². The highest BCUT2D eigenvalue weighted by Gasteiger charge is 2.43. The molecule has 1 N–H and O–H groups in total. The topological polar surface area (TPSA) is 92.5 Å². The molecule has 1 aromatic carbocycles. The molecule has 24 heavy (non-hydrogen) atoms. The summed E-state index contributed by atoms with van der Waals surface area (Å²) >= 11 is 5.99. The van der Waals surface area contributed by atoms with Crippen molar-refractivity contribution in [2.45, 2.75) is 24.2 Å². The van der Waals surface area contributed by atoms with Gasteiger partial charge >= 0.3 is 0 Å². The number of hydrogen-bond acceptors (Lipinski definition) is 5. The van der Waals surface area contributed by atoms with Gasteiger partial charge in [0.25, 0.3) is 5.69 Å². The molecule has 7 nitrogen and oxygen atoms in total. The molecule has 2 heterocycles. The summed E-state index contributed by atoms with van der Waals surface area (Å²) in [7, 11) is -3.73. The van der Waals surface area contributed by atoms with Gasteiger partial charge in [-0.3, -0.25) is 10.1 Å². The molecule has 2 fully saturated rings. The van der Waals surface area contributed by atoms with Gasteiger partial charge in [0.2, 0.25) is 10.0 Å². The second kappa shape index (κ2) is 7.13. The van der Waals surface area contributed by atoms with Gasteiger partial charge in [0.05, 0.1) is 9.95 Å². The van der Waals surface area contributed by atoms with Crippen molar-refractivity contribution in [1.82, 2.24) is 9.62 Å². The van der Waals surface area contributed by atoms with Gasteiger partial charge in [-0.1, -0.05) is 11.6 Å². The number of rotatable bonds is 3. The van der Waals surface area contributed by atoms with Crippen LogP contribution in [-0.2, 0) is 10.0 Å². The van der Waals surface area contributed by atoms with Gasteiger partial charge in [0.15, 0.2) is 0 Å². The van der Waals surface area contributed by atoms with Crippen LogP contribution in [0.1, 0.15) is 19.3 Å². The number of benzene rings is 1. The normalized spacial score (nSPS) is 20.7. The summed E-state index contributed by atoms with van der Waals surface area (Å²) in [6, 6.07) is 3.49. The molecule has 10 heteroatoms. The predicted molar refractivity (Wildman–Crippen MR) is 93.3 cm³/mol. The lowest BCUT2D eigenvalue weighted by Crippen LogP contribution is -2.39. The van der Waals surface area contributed by atoms with E-state index in [1.165, 1.54) is 16.4 Å². The minimum absolute atomic E-state index is 0. The molecule has 0 bridgehead atoms. The first kappa shape index (κ1) is 19.4. The van der Waals surface area contributed by atoms with Crippen LogP contribution in [0.25, 0.3) is 0 Å². The fourth-order valence-electron chi connectivity index (χ4n) is 3.42. The molecule has 134 valence electrons. The Hall–Kier alpha value is -0.930. The van der Waals surface area contributed by atoms with Crippen LogP contribution in [0.4, 0.5) is 5.69 Å². The van der Waals surface area contributed by atoms with Crippen molar-refractivity contribution in [3.63, 3.8) is 0 Å². The molecule has 0 amide bonds. The summed E-state index contributed by atoms with van der Waals surface area (Å²) in [6.45, 7) is 2.78. The van der Waals surface area contributed by atoms with E-state index in [2.05, 4.69) is 5.32 Å². The van der Waals surface area contributed by atoms with Crippen LogP contribution in [0.5, 0.6) is 0 Å². The van der Waals surface area contributed by atoms with Crippen molar-refractivity contribution >= 4 is 39.7 Å². The number of hydrogen-bond donors (Lipinski definition) is 1. The van der Waals surface area contributed by atoms with Crippen molar-refractivity contribution in [2.75, 3.05) is 26.2 Å². The van der Waals surface area contributed by atoms with Crippen LogP contribution in [0.3, 0.4) is 0 Å². The Morgan fingerprint density at radius 2 is 1.92 bits per heavy atom. The molecule has 0 aromatic heterocycles. The Labute approximate surface area is 152 Å². The van der Waals surface area contributed by atoms with Gasteiger partial charge in [0, 0.05) is 25.2 Å². The number of nitrogens with one attached hydrogen (secondary N) is 1. The first-order valence-electron chi connectivity index (χ1n) is 7.49. The van der Waals surface area contributed by atoms with E-state index in [9.17, 15) is 18.5 Å². The summed E-state index contributed by atoms with van der Waals surface area (Å²) in [5, 5.41) is 13.9. The van der Waals surface area contributed by atoms with Crippen LogP contribution in [-0.4, -0.2) is 43.8 Å². The van der Waals surface area contributed by atoms with Crippen molar-refractivity contribution in [2.24, 2.45) is 5.41 Å².